The average Bonchev–Trinajstić information content (AvgIpc) is 3.45. The Bertz CT molecular complexity index is 1540. The van der Waals surface area contributed by atoms with Gasteiger partial charge in [-0.05, 0) is 46.5 Å². The number of carbonyl (C=O) groups excluding carboxylic acids is 1. The molecule has 3 heterocycles. The van der Waals surface area contributed by atoms with E-state index in [-0.39, 0.29) is 37.3 Å². The van der Waals surface area contributed by atoms with E-state index in [1.165, 1.54) is 11.0 Å². The first-order valence-electron chi connectivity index (χ1n) is 12.1. The Kier molecular flexibility index (Phi) is 5.79. The number of anilines is 1. The summed E-state index contributed by atoms with van der Waals surface area (Å²) in [6.07, 6.45) is -3.98. The molecule has 1 saturated heterocycles. The monoisotopic (exact) mass is 521 g/mol. The van der Waals surface area contributed by atoms with Crippen molar-refractivity contribution in [3.05, 3.63) is 89.2 Å². The molecule has 0 radical (unpaired) electrons. The summed E-state index contributed by atoms with van der Waals surface area (Å²) >= 11 is 0. The van der Waals surface area contributed by atoms with Gasteiger partial charge in [0.1, 0.15) is 12.5 Å². The quantitative estimate of drug-likeness (QED) is 0.327. The Morgan fingerprint density at radius 3 is 2.42 bits per heavy atom. The van der Waals surface area contributed by atoms with Crippen molar-refractivity contribution in [2.24, 2.45) is 7.05 Å². The summed E-state index contributed by atoms with van der Waals surface area (Å²) in [5.74, 6) is 0.178. The lowest BCUT2D eigenvalue weighted by Gasteiger charge is -2.34. The average molecular weight is 522 g/mol. The summed E-state index contributed by atoms with van der Waals surface area (Å²) in [6.45, 7) is 0.342. The van der Waals surface area contributed by atoms with Crippen LogP contribution in [-0.4, -0.2) is 44.8 Å². The molecule has 0 saturated carbocycles. The van der Waals surface area contributed by atoms with Crippen LogP contribution >= 0.6 is 0 Å². The lowest BCUT2D eigenvalue weighted by Crippen LogP contribution is -2.47. The predicted octanol–water partition coefficient (Wildman–Crippen LogP) is 5.48. The van der Waals surface area contributed by atoms with Crippen LogP contribution in [0.5, 0.6) is 0 Å². The molecule has 10 heteroatoms. The van der Waals surface area contributed by atoms with Crippen molar-refractivity contribution in [1.29, 1.82) is 0 Å². The molecule has 194 valence electrons. The first-order chi connectivity index (χ1) is 18.2. The third kappa shape index (κ3) is 4.24. The van der Waals surface area contributed by atoms with Crippen LogP contribution in [0.3, 0.4) is 0 Å². The molecule has 38 heavy (non-hydrogen) atoms. The van der Waals surface area contributed by atoms with Crippen molar-refractivity contribution in [2.45, 2.75) is 25.4 Å². The van der Waals surface area contributed by atoms with Crippen molar-refractivity contribution in [2.75, 3.05) is 18.0 Å². The largest absolute Gasteiger partial charge is 0.416 e. The second kappa shape index (κ2) is 9.05. The molecule has 4 aromatic rings. The van der Waals surface area contributed by atoms with E-state index in [4.69, 9.17) is 0 Å². The highest BCUT2D eigenvalue weighted by Crippen LogP contribution is 2.41. The fourth-order valence-electron chi connectivity index (χ4n) is 5.21. The first kappa shape index (κ1) is 24.3. The fraction of sp³-hybridized carbons (Fsp3) is 0.250. The van der Waals surface area contributed by atoms with Crippen molar-refractivity contribution >= 4 is 11.6 Å². The zero-order valence-corrected chi connectivity index (χ0v) is 20.4. The normalized spacial score (nSPS) is 16.1. The van der Waals surface area contributed by atoms with E-state index in [0.29, 0.717) is 17.1 Å². The second-order valence-electron chi connectivity index (χ2n) is 9.71. The van der Waals surface area contributed by atoms with Crippen LogP contribution in [-0.2, 0) is 26.3 Å². The van der Waals surface area contributed by atoms with Crippen LogP contribution in [0.1, 0.15) is 27.0 Å². The molecule has 0 N–H and O–H groups in total. The van der Waals surface area contributed by atoms with E-state index in [1.54, 1.807) is 34.0 Å². The molecule has 2 aliphatic heterocycles. The number of amides is 1. The summed E-state index contributed by atoms with van der Waals surface area (Å²) in [6, 6.07) is 17.4. The van der Waals surface area contributed by atoms with E-state index in [1.807, 2.05) is 37.4 Å². The van der Waals surface area contributed by atoms with Crippen LogP contribution in [0.25, 0.3) is 22.5 Å². The van der Waals surface area contributed by atoms with E-state index < -0.39 is 23.8 Å². The summed E-state index contributed by atoms with van der Waals surface area (Å²) in [5.41, 5.74) is 2.51. The number of aromatic nitrogens is 3. The molecule has 0 spiro atoms. The lowest BCUT2D eigenvalue weighted by atomic mass is 9.98. The van der Waals surface area contributed by atoms with Crippen LogP contribution in [0.2, 0.25) is 0 Å². The standard InChI is InChI=1S/C28H23F4N5O/c1-35-16-33-34-26(35)22-8-3-2-7-21(22)18-5-4-6-20(11-18)37-15-24-23(27(37)38)9-17(10-25(24)28(30,31)32)12-36-13-19(29)14-36/h2-11,16,19H,12-15H2,1H3. The Morgan fingerprint density at radius 2 is 1.74 bits per heavy atom. The number of rotatable bonds is 5. The maximum atomic E-state index is 14.1. The SMILES string of the molecule is Cn1cnnc1-c1ccccc1-c1cccc(N2Cc3c(cc(CN4CC(F)C4)cc3C(F)(F)F)C2=O)c1. The van der Waals surface area contributed by atoms with Crippen LogP contribution in [0.4, 0.5) is 23.2 Å². The third-order valence-electron chi connectivity index (χ3n) is 7.07. The highest BCUT2D eigenvalue weighted by Gasteiger charge is 2.41. The smallest absolute Gasteiger partial charge is 0.317 e. The molecule has 2 aliphatic rings. The molecule has 3 aromatic carbocycles. The highest BCUT2D eigenvalue weighted by atomic mass is 19.4. The van der Waals surface area contributed by atoms with Gasteiger partial charge >= 0.3 is 6.18 Å². The molecule has 0 bridgehead atoms. The van der Waals surface area contributed by atoms with Crippen molar-refractivity contribution < 1.29 is 22.4 Å². The third-order valence-corrected chi connectivity index (χ3v) is 7.07. The number of fused-ring (bicyclic) bond motifs is 1. The minimum Gasteiger partial charge on any atom is -0.317 e. The van der Waals surface area contributed by atoms with Gasteiger partial charge in [0, 0.05) is 43.5 Å². The van der Waals surface area contributed by atoms with Gasteiger partial charge in [-0.2, -0.15) is 13.2 Å². The van der Waals surface area contributed by atoms with E-state index in [2.05, 4.69) is 10.2 Å². The predicted molar refractivity (Wildman–Crippen MR) is 134 cm³/mol. The van der Waals surface area contributed by atoms with Crippen LogP contribution in [0, 0.1) is 0 Å². The van der Waals surface area contributed by atoms with Gasteiger partial charge < -0.3 is 9.47 Å². The van der Waals surface area contributed by atoms with E-state index in [9.17, 15) is 22.4 Å². The number of nitrogens with zero attached hydrogens (tertiary/aromatic N) is 5. The number of benzene rings is 3. The molecular formula is C28H23F4N5O. The Hall–Kier alpha value is -4.05. The molecule has 1 aromatic heterocycles. The maximum absolute atomic E-state index is 14.1. The van der Waals surface area contributed by atoms with Gasteiger partial charge in [-0.1, -0.05) is 36.4 Å². The Labute approximate surface area is 216 Å². The first-order valence-corrected chi connectivity index (χ1v) is 12.1. The molecule has 0 atom stereocenters. The van der Waals surface area contributed by atoms with Gasteiger partial charge in [-0.25, -0.2) is 4.39 Å². The number of halogens is 4. The van der Waals surface area contributed by atoms with Gasteiger partial charge in [0.25, 0.3) is 5.91 Å². The molecule has 1 fully saturated rings. The molecule has 1 amide bonds. The van der Waals surface area contributed by atoms with Crippen LogP contribution < -0.4 is 4.90 Å². The van der Waals surface area contributed by atoms with Gasteiger partial charge in [0.05, 0.1) is 12.1 Å². The lowest BCUT2D eigenvalue weighted by molar-refractivity contribution is -0.138. The number of likely N-dealkylation sites (tertiary alicyclic amines) is 1. The summed E-state index contributed by atoms with van der Waals surface area (Å²) in [4.78, 5) is 16.6. The maximum Gasteiger partial charge on any atom is 0.416 e. The van der Waals surface area contributed by atoms with Crippen LogP contribution in [0.15, 0.2) is 67.0 Å². The van der Waals surface area contributed by atoms with Crippen molar-refractivity contribution in [3.8, 4) is 22.5 Å². The number of hydrogen-bond donors (Lipinski definition) is 0. The molecule has 0 aliphatic carbocycles. The number of alkyl halides is 4. The zero-order valence-electron chi connectivity index (χ0n) is 20.4. The Balaban J connectivity index is 1.36. The van der Waals surface area contributed by atoms with Crippen molar-refractivity contribution in [1.82, 2.24) is 19.7 Å². The minimum atomic E-state index is -4.62. The summed E-state index contributed by atoms with van der Waals surface area (Å²) < 4.78 is 57.2. The Morgan fingerprint density at radius 1 is 0.974 bits per heavy atom. The summed E-state index contributed by atoms with van der Waals surface area (Å²) in [7, 11) is 1.84. The number of carbonyl (C=O) groups is 1. The van der Waals surface area contributed by atoms with Gasteiger partial charge in [0.2, 0.25) is 0 Å². The second-order valence-corrected chi connectivity index (χ2v) is 9.71. The van der Waals surface area contributed by atoms with Gasteiger partial charge in [-0.15, -0.1) is 10.2 Å². The number of hydrogen-bond acceptors (Lipinski definition) is 4. The zero-order chi connectivity index (χ0) is 26.6. The molecule has 6 rings (SSSR count). The molecular weight excluding hydrogens is 498 g/mol. The topological polar surface area (TPSA) is 54.3 Å². The minimum absolute atomic E-state index is 0.0388. The van der Waals surface area contributed by atoms with E-state index in [0.717, 1.165) is 22.8 Å². The van der Waals surface area contributed by atoms with E-state index >= 15 is 0 Å². The molecule has 0 unspecified atom stereocenters. The van der Waals surface area contributed by atoms with Gasteiger partial charge in [0.15, 0.2) is 5.82 Å². The summed E-state index contributed by atoms with van der Waals surface area (Å²) in [5, 5.41) is 8.16. The fourth-order valence-corrected chi connectivity index (χ4v) is 5.21. The highest BCUT2D eigenvalue weighted by molar-refractivity contribution is 6.10. The van der Waals surface area contributed by atoms with Crippen molar-refractivity contribution in [3.63, 3.8) is 0 Å². The molecule has 6 nitrogen and oxygen atoms in total. The van der Waals surface area contributed by atoms with Gasteiger partial charge in [-0.3, -0.25) is 9.69 Å². The number of aryl methyl sites for hydroxylation is 1.